The van der Waals surface area contributed by atoms with Crippen molar-refractivity contribution < 1.29 is 5.11 Å². The van der Waals surface area contributed by atoms with Gasteiger partial charge in [-0.05, 0) is 30.2 Å². The third-order valence-corrected chi connectivity index (χ3v) is 3.35. The van der Waals surface area contributed by atoms with Crippen LogP contribution in [0.15, 0.2) is 54.6 Å². The Kier molecular flexibility index (Phi) is 3.02. The van der Waals surface area contributed by atoms with Gasteiger partial charge in [-0.3, -0.25) is 0 Å². The third-order valence-electron chi connectivity index (χ3n) is 3.35. The smallest absolute Gasteiger partial charge is 0.0712 e. The standard InChI is InChI=1S/C17H15NO/c1-12-10-13(11-19)6-8-15(12)17-9-7-14-4-2-3-5-16(14)18-17/h2-10,19H,11H2,1H3. The molecular formula is C17H15NO. The number of aliphatic hydroxyl groups excluding tert-OH is 1. The van der Waals surface area contributed by atoms with E-state index in [1.807, 2.05) is 49.4 Å². The van der Waals surface area contributed by atoms with E-state index in [-0.39, 0.29) is 6.61 Å². The molecule has 0 amide bonds. The second-order valence-electron chi connectivity index (χ2n) is 4.70. The van der Waals surface area contributed by atoms with Crippen molar-refractivity contribution in [2.45, 2.75) is 13.5 Å². The van der Waals surface area contributed by atoms with Crippen LogP contribution in [0.2, 0.25) is 0 Å². The summed E-state index contributed by atoms with van der Waals surface area (Å²) in [4.78, 5) is 4.70. The first-order valence-electron chi connectivity index (χ1n) is 6.34. The molecule has 0 saturated heterocycles. The molecule has 0 spiro atoms. The number of para-hydroxylation sites is 1. The van der Waals surface area contributed by atoms with Crippen molar-refractivity contribution in [1.29, 1.82) is 0 Å². The number of hydrogen-bond donors (Lipinski definition) is 1. The van der Waals surface area contributed by atoms with Gasteiger partial charge in [0, 0.05) is 10.9 Å². The number of hydrogen-bond acceptors (Lipinski definition) is 2. The van der Waals surface area contributed by atoms with Crippen LogP contribution in [0.1, 0.15) is 11.1 Å². The predicted octanol–water partition coefficient (Wildman–Crippen LogP) is 3.70. The molecule has 0 aliphatic heterocycles. The number of aromatic nitrogens is 1. The van der Waals surface area contributed by atoms with Crippen LogP contribution in [0.4, 0.5) is 0 Å². The fraction of sp³-hybridized carbons (Fsp3) is 0.118. The molecule has 2 aromatic carbocycles. The topological polar surface area (TPSA) is 33.1 Å². The molecule has 1 N–H and O–H groups in total. The molecule has 1 heterocycles. The fourth-order valence-corrected chi connectivity index (χ4v) is 2.33. The normalized spacial score (nSPS) is 10.8. The quantitative estimate of drug-likeness (QED) is 0.751. The Balaban J connectivity index is 2.13. The summed E-state index contributed by atoms with van der Waals surface area (Å²) >= 11 is 0. The molecule has 0 radical (unpaired) electrons. The summed E-state index contributed by atoms with van der Waals surface area (Å²) in [6.07, 6.45) is 0. The zero-order chi connectivity index (χ0) is 13.2. The SMILES string of the molecule is Cc1cc(CO)ccc1-c1ccc2ccccc2n1. The number of aliphatic hydroxyl groups is 1. The zero-order valence-electron chi connectivity index (χ0n) is 10.8. The second-order valence-corrected chi connectivity index (χ2v) is 4.70. The Morgan fingerprint density at radius 2 is 1.84 bits per heavy atom. The van der Waals surface area contributed by atoms with Gasteiger partial charge in [0.2, 0.25) is 0 Å². The molecule has 2 nitrogen and oxygen atoms in total. The van der Waals surface area contributed by atoms with E-state index in [4.69, 9.17) is 10.1 Å². The van der Waals surface area contributed by atoms with Crippen LogP contribution in [0.25, 0.3) is 22.2 Å². The molecule has 1 aromatic heterocycles. The molecule has 0 atom stereocenters. The minimum atomic E-state index is 0.0757. The van der Waals surface area contributed by atoms with Crippen molar-refractivity contribution >= 4 is 10.9 Å². The maximum absolute atomic E-state index is 9.15. The lowest BCUT2D eigenvalue weighted by Crippen LogP contribution is -1.91. The molecule has 2 heteroatoms. The number of aryl methyl sites for hydroxylation is 1. The molecule has 3 aromatic rings. The van der Waals surface area contributed by atoms with Crippen LogP contribution in [0, 0.1) is 6.92 Å². The van der Waals surface area contributed by atoms with Crippen molar-refractivity contribution in [3.8, 4) is 11.3 Å². The molecule has 0 fully saturated rings. The zero-order valence-corrected chi connectivity index (χ0v) is 10.8. The molecule has 0 bridgehead atoms. The van der Waals surface area contributed by atoms with E-state index in [0.29, 0.717) is 0 Å². The van der Waals surface area contributed by atoms with Gasteiger partial charge < -0.3 is 5.11 Å². The van der Waals surface area contributed by atoms with Gasteiger partial charge in [0.15, 0.2) is 0 Å². The van der Waals surface area contributed by atoms with Crippen molar-refractivity contribution in [1.82, 2.24) is 4.98 Å². The molecule has 19 heavy (non-hydrogen) atoms. The maximum Gasteiger partial charge on any atom is 0.0712 e. The summed E-state index contributed by atoms with van der Waals surface area (Å²) in [5.74, 6) is 0. The number of nitrogens with zero attached hydrogens (tertiary/aromatic N) is 1. The van der Waals surface area contributed by atoms with Crippen LogP contribution in [-0.4, -0.2) is 10.1 Å². The van der Waals surface area contributed by atoms with E-state index in [0.717, 1.165) is 33.3 Å². The molecule has 0 aliphatic carbocycles. The molecule has 0 unspecified atom stereocenters. The third kappa shape index (κ3) is 2.23. The van der Waals surface area contributed by atoms with Crippen LogP contribution >= 0.6 is 0 Å². The monoisotopic (exact) mass is 249 g/mol. The van der Waals surface area contributed by atoms with E-state index in [1.54, 1.807) is 0 Å². The Bertz CT molecular complexity index is 734. The summed E-state index contributed by atoms with van der Waals surface area (Å²) in [6, 6.07) is 18.2. The van der Waals surface area contributed by atoms with Gasteiger partial charge in [-0.1, -0.05) is 42.5 Å². The first-order valence-corrected chi connectivity index (χ1v) is 6.34. The lowest BCUT2D eigenvalue weighted by atomic mass is 10.0. The highest BCUT2D eigenvalue weighted by Crippen LogP contribution is 2.24. The van der Waals surface area contributed by atoms with Gasteiger partial charge in [0.05, 0.1) is 17.8 Å². The summed E-state index contributed by atoms with van der Waals surface area (Å²) in [5.41, 5.74) is 5.16. The molecule has 3 rings (SSSR count). The first-order chi connectivity index (χ1) is 9.28. The van der Waals surface area contributed by atoms with Gasteiger partial charge in [0.25, 0.3) is 0 Å². The highest BCUT2D eigenvalue weighted by atomic mass is 16.3. The van der Waals surface area contributed by atoms with E-state index in [9.17, 15) is 0 Å². The molecular weight excluding hydrogens is 234 g/mol. The van der Waals surface area contributed by atoms with Crippen molar-refractivity contribution in [2.24, 2.45) is 0 Å². The highest BCUT2D eigenvalue weighted by molar-refractivity contribution is 5.81. The average Bonchev–Trinajstić information content (AvgIpc) is 2.46. The average molecular weight is 249 g/mol. The lowest BCUT2D eigenvalue weighted by molar-refractivity contribution is 0.282. The minimum absolute atomic E-state index is 0.0757. The second kappa shape index (κ2) is 4.82. The van der Waals surface area contributed by atoms with E-state index >= 15 is 0 Å². The van der Waals surface area contributed by atoms with Crippen LogP contribution in [0.3, 0.4) is 0 Å². The lowest BCUT2D eigenvalue weighted by Gasteiger charge is -2.08. The van der Waals surface area contributed by atoms with Crippen LogP contribution in [-0.2, 0) is 6.61 Å². The van der Waals surface area contributed by atoms with Crippen molar-refractivity contribution in [3.63, 3.8) is 0 Å². The van der Waals surface area contributed by atoms with Gasteiger partial charge >= 0.3 is 0 Å². The number of pyridine rings is 1. The Morgan fingerprint density at radius 3 is 2.63 bits per heavy atom. The Labute approximate surface area is 112 Å². The predicted molar refractivity (Wildman–Crippen MR) is 77.8 cm³/mol. The first kappa shape index (κ1) is 11.9. The van der Waals surface area contributed by atoms with Gasteiger partial charge in [0.1, 0.15) is 0 Å². The summed E-state index contributed by atoms with van der Waals surface area (Å²) in [5, 5.41) is 10.3. The minimum Gasteiger partial charge on any atom is -0.392 e. The van der Waals surface area contributed by atoms with Gasteiger partial charge in [-0.15, -0.1) is 0 Å². The van der Waals surface area contributed by atoms with E-state index in [1.165, 1.54) is 0 Å². The number of benzene rings is 2. The molecule has 0 aliphatic rings. The summed E-state index contributed by atoms with van der Waals surface area (Å²) in [6.45, 7) is 2.12. The summed E-state index contributed by atoms with van der Waals surface area (Å²) in [7, 11) is 0. The number of fused-ring (bicyclic) bond motifs is 1. The number of rotatable bonds is 2. The van der Waals surface area contributed by atoms with Crippen molar-refractivity contribution in [3.05, 3.63) is 65.7 Å². The Morgan fingerprint density at radius 1 is 1.00 bits per heavy atom. The van der Waals surface area contributed by atoms with E-state index < -0.39 is 0 Å². The summed E-state index contributed by atoms with van der Waals surface area (Å²) < 4.78 is 0. The van der Waals surface area contributed by atoms with Crippen LogP contribution in [0.5, 0.6) is 0 Å². The van der Waals surface area contributed by atoms with E-state index in [2.05, 4.69) is 12.1 Å². The Hall–Kier alpha value is -2.19. The molecule has 0 saturated carbocycles. The fourth-order valence-electron chi connectivity index (χ4n) is 2.33. The maximum atomic E-state index is 9.15. The van der Waals surface area contributed by atoms with Crippen molar-refractivity contribution in [2.75, 3.05) is 0 Å². The largest absolute Gasteiger partial charge is 0.392 e. The van der Waals surface area contributed by atoms with Gasteiger partial charge in [-0.25, -0.2) is 4.98 Å². The van der Waals surface area contributed by atoms with Gasteiger partial charge in [-0.2, -0.15) is 0 Å². The highest BCUT2D eigenvalue weighted by Gasteiger charge is 2.05. The molecule has 94 valence electrons. The van der Waals surface area contributed by atoms with Crippen LogP contribution < -0.4 is 0 Å².